The number of hydrogen-bond donors (Lipinski definition) is 1. The summed E-state index contributed by atoms with van der Waals surface area (Å²) in [5.74, 6) is 1.49. The minimum absolute atomic E-state index is 0.196. The molecule has 0 saturated carbocycles. The number of carbonyl (C=O) groups is 1. The van der Waals surface area contributed by atoms with Crippen molar-refractivity contribution in [3.63, 3.8) is 0 Å². The summed E-state index contributed by atoms with van der Waals surface area (Å²) in [6.07, 6.45) is 1.99. The number of anilines is 1. The molecular formula is C26H36N3O2+. The van der Waals surface area contributed by atoms with E-state index in [1.165, 1.54) is 22.4 Å². The number of aryl methyl sites for hydroxylation is 1. The van der Waals surface area contributed by atoms with Crippen LogP contribution in [0.1, 0.15) is 29.5 Å². The number of quaternary nitrogens is 1. The van der Waals surface area contributed by atoms with Gasteiger partial charge in [-0.1, -0.05) is 24.3 Å². The molecule has 0 aromatic heterocycles. The average Bonchev–Trinajstić information content (AvgIpc) is 2.81. The molecule has 2 saturated heterocycles. The number of likely N-dealkylation sites (tertiary alicyclic amines) is 1. The summed E-state index contributed by atoms with van der Waals surface area (Å²) >= 11 is 0. The first-order valence-corrected chi connectivity index (χ1v) is 11.6. The second-order valence-electron chi connectivity index (χ2n) is 9.08. The largest absolute Gasteiger partial charge is 0.497 e. The van der Waals surface area contributed by atoms with Crippen LogP contribution in [0.5, 0.6) is 5.75 Å². The quantitative estimate of drug-likeness (QED) is 0.804. The molecule has 5 heteroatoms. The van der Waals surface area contributed by atoms with Crippen molar-refractivity contribution in [3.8, 4) is 5.75 Å². The van der Waals surface area contributed by atoms with Gasteiger partial charge in [-0.25, -0.2) is 0 Å². The maximum absolute atomic E-state index is 13.1. The van der Waals surface area contributed by atoms with Gasteiger partial charge in [0.25, 0.3) is 0 Å². The van der Waals surface area contributed by atoms with Crippen molar-refractivity contribution in [3.05, 3.63) is 59.2 Å². The van der Waals surface area contributed by atoms with Gasteiger partial charge in [-0.05, 0) is 43.2 Å². The third-order valence-corrected chi connectivity index (χ3v) is 7.14. The van der Waals surface area contributed by atoms with Gasteiger partial charge in [-0.15, -0.1) is 0 Å². The number of rotatable bonds is 5. The van der Waals surface area contributed by atoms with Crippen LogP contribution in [-0.2, 0) is 11.3 Å². The first-order chi connectivity index (χ1) is 15.0. The van der Waals surface area contributed by atoms with Gasteiger partial charge in [0.2, 0.25) is 5.91 Å². The van der Waals surface area contributed by atoms with E-state index in [4.69, 9.17) is 4.74 Å². The molecule has 0 spiro atoms. The van der Waals surface area contributed by atoms with E-state index in [-0.39, 0.29) is 5.92 Å². The fourth-order valence-corrected chi connectivity index (χ4v) is 5.02. The van der Waals surface area contributed by atoms with Crippen molar-refractivity contribution >= 4 is 11.6 Å². The molecular weight excluding hydrogens is 386 g/mol. The molecule has 2 aromatic carbocycles. The van der Waals surface area contributed by atoms with Crippen LogP contribution in [-0.4, -0.2) is 57.2 Å². The lowest BCUT2D eigenvalue weighted by Crippen LogP contribution is -3.11. The number of amides is 1. The molecule has 0 bridgehead atoms. The molecule has 2 aromatic rings. The monoisotopic (exact) mass is 422 g/mol. The van der Waals surface area contributed by atoms with Gasteiger partial charge < -0.3 is 19.4 Å². The Morgan fingerprint density at radius 3 is 2.45 bits per heavy atom. The standard InChI is InChI=1S/C26H35N3O2/c1-20-6-4-9-25(21(20)2)28-14-16-29(17-15-28)26(30)23-10-12-27(13-11-23)19-22-7-5-8-24(18-22)31-3/h4-9,18,23H,10-17,19H2,1-3H3/p+1. The number of piperidine rings is 1. The Morgan fingerprint density at radius 1 is 1.03 bits per heavy atom. The zero-order valence-electron chi connectivity index (χ0n) is 19.2. The van der Waals surface area contributed by atoms with Crippen LogP contribution in [0.15, 0.2) is 42.5 Å². The van der Waals surface area contributed by atoms with Gasteiger partial charge in [0.05, 0.1) is 20.2 Å². The van der Waals surface area contributed by atoms with Gasteiger partial charge >= 0.3 is 0 Å². The minimum atomic E-state index is 0.196. The van der Waals surface area contributed by atoms with E-state index < -0.39 is 0 Å². The Labute approximate surface area is 186 Å². The van der Waals surface area contributed by atoms with E-state index in [1.807, 2.05) is 6.07 Å². The molecule has 0 atom stereocenters. The number of nitrogens with one attached hydrogen (secondary N) is 1. The highest BCUT2D eigenvalue weighted by molar-refractivity contribution is 5.79. The van der Waals surface area contributed by atoms with Gasteiger partial charge in [-0.2, -0.15) is 0 Å². The number of benzene rings is 2. The van der Waals surface area contributed by atoms with Crippen LogP contribution < -0.4 is 14.5 Å². The van der Waals surface area contributed by atoms with Gasteiger partial charge in [0.15, 0.2) is 0 Å². The van der Waals surface area contributed by atoms with E-state index >= 15 is 0 Å². The van der Waals surface area contributed by atoms with Crippen LogP contribution >= 0.6 is 0 Å². The lowest BCUT2D eigenvalue weighted by molar-refractivity contribution is -0.919. The summed E-state index contributed by atoms with van der Waals surface area (Å²) in [5.41, 5.74) is 5.32. The number of piperazine rings is 1. The maximum atomic E-state index is 13.1. The predicted molar refractivity (Wildman–Crippen MR) is 125 cm³/mol. The number of carbonyl (C=O) groups excluding carboxylic acids is 1. The van der Waals surface area contributed by atoms with Gasteiger partial charge in [-0.3, -0.25) is 4.79 Å². The topological polar surface area (TPSA) is 37.2 Å². The highest BCUT2D eigenvalue weighted by Gasteiger charge is 2.32. The summed E-state index contributed by atoms with van der Waals surface area (Å²) in [4.78, 5) is 19.3. The van der Waals surface area contributed by atoms with Crippen molar-refractivity contribution < 1.29 is 14.4 Å². The van der Waals surface area contributed by atoms with Crippen LogP contribution in [0.3, 0.4) is 0 Å². The first-order valence-electron chi connectivity index (χ1n) is 11.6. The van der Waals surface area contributed by atoms with Crippen molar-refractivity contribution in [2.24, 2.45) is 5.92 Å². The fourth-order valence-electron chi connectivity index (χ4n) is 5.02. The lowest BCUT2D eigenvalue weighted by atomic mass is 9.94. The molecule has 5 nitrogen and oxygen atoms in total. The summed E-state index contributed by atoms with van der Waals surface area (Å²) in [6, 6.07) is 14.9. The Hall–Kier alpha value is -2.53. The molecule has 166 valence electrons. The minimum Gasteiger partial charge on any atom is -0.497 e. The maximum Gasteiger partial charge on any atom is 0.226 e. The number of hydrogen-bond acceptors (Lipinski definition) is 3. The number of methoxy groups -OCH3 is 1. The van der Waals surface area contributed by atoms with Crippen LogP contribution in [0, 0.1) is 19.8 Å². The first kappa shape index (κ1) is 21.7. The molecule has 1 N–H and O–H groups in total. The second kappa shape index (κ2) is 9.73. The molecule has 31 heavy (non-hydrogen) atoms. The highest BCUT2D eigenvalue weighted by atomic mass is 16.5. The Morgan fingerprint density at radius 2 is 1.74 bits per heavy atom. The molecule has 2 fully saturated rings. The summed E-state index contributed by atoms with van der Waals surface area (Å²) < 4.78 is 5.34. The summed E-state index contributed by atoms with van der Waals surface area (Å²) in [5, 5.41) is 0. The molecule has 0 radical (unpaired) electrons. The number of nitrogens with zero attached hydrogens (tertiary/aromatic N) is 2. The Bertz CT molecular complexity index is 897. The predicted octanol–water partition coefficient (Wildman–Crippen LogP) is 2.46. The van der Waals surface area contributed by atoms with Crippen molar-refractivity contribution in [2.75, 3.05) is 51.3 Å². The average molecular weight is 423 g/mol. The second-order valence-corrected chi connectivity index (χ2v) is 9.08. The fraction of sp³-hybridized carbons (Fsp3) is 0.500. The molecule has 0 unspecified atom stereocenters. The third kappa shape index (κ3) is 5.04. The zero-order valence-corrected chi connectivity index (χ0v) is 19.2. The molecule has 2 aliphatic rings. The van der Waals surface area contributed by atoms with Crippen LogP contribution in [0.25, 0.3) is 0 Å². The van der Waals surface area contributed by atoms with E-state index in [0.29, 0.717) is 5.91 Å². The Kier molecular flexibility index (Phi) is 6.81. The van der Waals surface area contributed by atoms with Crippen molar-refractivity contribution in [1.29, 1.82) is 0 Å². The molecule has 2 heterocycles. The van der Waals surface area contributed by atoms with Gasteiger partial charge in [0, 0.05) is 56.2 Å². The number of ether oxygens (including phenoxy) is 1. The van der Waals surface area contributed by atoms with Crippen LogP contribution in [0.2, 0.25) is 0 Å². The third-order valence-electron chi connectivity index (χ3n) is 7.14. The van der Waals surface area contributed by atoms with Crippen molar-refractivity contribution in [2.45, 2.75) is 33.2 Å². The molecule has 4 rings (SSSR count). The smallest absolute Gasteiger partial charge is 0.226 e. The van der Waals surface area contributed by atoms with E-state index in [9.17, 15) is 4.79 Å². The van der Waals surface area contributed by atoms with E-state index in [2.05, 4.69) is 60.0 Å². The Balaban J connectivity index is 1.26. The van der Waals surface area contributed by atoms with E-state index in [1.54, 1.807) is 12.0 Å². The molecule has 2 aliphatic heterocycles. The lowest BCUT2D eigenvalue weighted by Gasteiger charge is -2.39. The SMILES string of the molecule is COc1cccc(C[NH+]2CCC(C(=O)N3CCN(c4cccc(C)c4C)CC3)CC2)c1. The molecule has 0 aliphatic carbocycles. The van der Waals surface area contributed by atoms with Gasteiger partial charge in [0.1, 0.15) is 12.3 Å². The molecule has 1 amide bonds. The summed E-state index contributed by atoms with van der Waals surface area (Å²) in [6.45, 7) is 11.0. The van der Waals surface area contributed by atoms with Crippen LogP contribution in [0.4, 0.5) is 5.69 Å². The normalized spacial score (nSPS) is 21.8. The van der Waals surface area contributed by atoms with E-state index in [0.717, 1.165) is 64.4 Å². The van der Waals surface area contributed by atoms with Crippen molar-refractivity contribution in [1.82, 2.24) is 4.90 Å². The zero-order chi connectivity index (χ0) is 21.8. The highest BCUT2D eigenvalue weighted by Crippen LogP contribution is 2.25. The summed E-state index contributed by atoms with van der Waals surface area (Å²) in [7, 11) is 1.71.